The number of hydrogen-bond donors (Lipinski definition) is 1. The van der Waals surface area contributed by atoms with Crippen molar-refractivity contribution in [3.05, 3.63) is 0 Å². The molecule has 0 aliphatic rings. The van der Waals surface area contributed by atoms with E-state index in [-0.39, 0.29) is 5.91 Å². The van der Waals surface area contributed by atoms with Crippen LogP contribution in [-0.2, 0) is 9.47 Å². The third-order valence-electron chi connectivity index (χ3n) is 1.27. The number of hydrogen-bond acceptors (Lipinski definition) is 3. The molecule has 0 aromatic heterocycles. The fraction of sp³-hybridized carbons (Fsp3) is 1.00. The van der Waals surface area contributed by atoms with Crippen molar-refractivity contribution >= 4 is 8.96 Å². The second-order valence-electron chi connectivity index (χ2n) is 2.13. The van der Waals surface area contributed by atoms with Gasteiger partial charge in [-0.1, -0.05) is 13.3 Å². The highest BCUT2D eigenvalue weighted by molar-refractivity contribution is 6.56. The molecule has 1 radical (unpaired) electrons. The van der Waals surface area contributed by atoms with Crippen molar-refractivity contribution in [1.82, 2.24) is 0 Å². The minimum Gasteiger partial charge on any atom is -0.358 e. The van der Waals surface area contributed by atoms with Crippen molar-refractivity contribution in [3.8, 4) is 0 Å². The molecular formula is C6H16NO2Si. The summed E-state index contributed by atoms with van der Waals surface area (Å²) in [7, 11) is 2.33. The Morgan fingerprint density at radius 3 is 2.20 bits per heavy atom. The molecule has 0 aliphatic carbocycles. The van der Waals surface area contributed by atoms with E-state index in [4.69, 9.17) is 14.9 Å². The highest BCUT2D eigenvalue weighted by Crippen LogP contribution is 2.00. The SMILES string of the molecule is CCC[Si](N)C(OC)OC. The van der Waals surface area contributed by atoms with Gasteiger partial charge in [0.25, 0.3) is 0 Å². The van der Waals surface area contributed by atoms with Gasteiger partial charge in [0.15, 0.2) is 5.91 Å². The Morgan fingerprint density at radius 2 is 1.90 bits per heavy atom. The summed E-state index contributed by atoms with van der Waals surface area (Å²) in [5.74, 6) is -0.148. The molecule has 0 aromatic carbocycles. The van der Waals surface area contributed by atoms with Crippen LogP contribution in [0.5, 0.6) is 0 Å². The van der Waals surface area contributed by atoms with Crippen LogP contribution in [0.1, 0.15) is 13.3 Å². The predicted molar refractivity (Wildman–Crippen MR) is 42.8 cm³/mol. The molecule has 0 amide bonds. The fourth-order valence-corrected chi connectivity index (χ4v) is 2.22. The van der Waals surface area contributed by atoms with Crippen LogP contribution >= 0.6 is 0 Å². The smallest absolute Gasteiger partial charge is 0.200 e. The van der Waals surface area contributed by atoms with Crippen LogP contribution in [0.2, 0.25) is 6.04 Å². The zero-order valence-corrected chi connectivity index (χ0v) is 7.89. The van der Waals surface area contributed by atoms with E-state index >= 15 is 0 Å². The lowest BCUT2D eigenvalue weighted by Gasteiger charge is -2.17. The predicted octanol–water partition coefficient (Wildman–Crippen LogP) is 0.505. The Kier molecular flexibility index (Phi) is 5.91. The summed E-state index contributed by atoms with van der Waals surface area (Å²) in [6.07, 6.45) is 1.11. The lowest BCUT2D eigenvalue weighted by molar-refractivity contribution is -0.0475. The Bertz CT molecular complexity index is 78.1. The first-order valence-electron chi connectivity index (χ1n) is 3.43. The molecule has 0 bridgehead atoms. The molecule has 0 aliphatic heterocycles. The van der Waals surface area contributed by atoms with E-state index in [0.717, 1.165) is 12.5 Å². The summed E-state index contributed by atoms with van der Waals surface area (Å²) in [6.45, 7) is 2.11. The molecule has 4 heteroatoms. The van der Waals surface area contributed by atoms with Gasteiger partial charge in [0, 0.05) is 14.2 Å². The van der Waals surface area contributed by atoms with Crippen LogP contribution in [0.4, 0.5) is 0 Å². The molecule has 0 atom stereocenters. The van der Waals surface area contributed by atoms with Crippen molar-refractivity contribution in [2.75, 3.05) is 14.2 Å². The van der Waals surface area contributed by atoms with E-state index in [1.54, 1.807) is 14.2 Å². The van der Waals surface area contributed by atoms with Crippen molar-refractivity contribution < 1.29 is 9.47 Å². The lowest BCUT2D eigenvalue weighted by atomic mass is 10.6. The first-order chi connectivity index (χ1) is 4.76. The third kappa shape index (κ3) is 3.31. The molecule has 0 spiro atoms. The van der Waals surface area contributed by atoms with Gasteiger partial charge in [0.05, 0.1) is 0 Å². The highest BCUT2D eigenvalue weighted by Gasteiger charge is 2.17. The van der Waals surface area contributed by atoms with Gasteiger partial charge in [-0.25, -0.2) is 0 Å². The molecule has 0 saturated carbocycles. The first kappa shape index (κ1) is 10.1. The van der Waals surface area contributed by atoms with Crippen LogP contribution in [0.3, 0.4) is 0 Å². The molecule has 0 aromatic rings. The normalized spacial score (nSPS) is 11.4. The Morgan fingerprint density at radius 1 is 1.40 bits per heavy atom. The van der Waals surface area contributed by atoms with E-state index in [0.29, 0.717) is 0 Å². The van der Waals surface area contributed by atoms with E-state index in [1.807, 2.05) is 0 Å². The summed E-state index contributed by atoms with van der Waals surface area (Å²) in [5, 5.41) is 5.80. The van der Waals surface area contributed by atoms with E-state index < -0.39 is 8.96 Å². The van der Waals surface area contributed by atoms with Gasteiger partial charge in [0.1, 0.15) is 0 Å². The van der Waals surface area contributed by atoms with Crippen LogP contribution in [0, 0.1) is 0 Å². The van der Waals surface area contributed by atoms with E-state index in [9.17, 15) is 0 Å². The van der Waals surface area contributed by atoms with Gasteiger partial charge in [-0.2, -0.15) is 0 Å². The Balaban J connectivity index is 3.53. The van der Waals surface area contributed by atoms with E-state index in [1.165, 1.54) is 0 Å². The van der Waals surface area contributed by atoms with Crippen LogP contribution in [0.15, 0.2) is 0 Å². The fourth-order valence-electron chi connectivity index (χ4n) is 0.806. The zero-order chi connectivity index (χ0) is 7.98. The van der Waals surface area contributed by atoms with Crippen LogP contribution < -0.4 is 5.40 Å². The number of ether oxygens (including phenoxy) is 2. The van der Waals surface area contributed by atoms with Crippen molar-refractivity contribution in [1.29, 1.82) is 0 Å². The number of nitrogens with two attached hydrogens (primary N) is 1. The van der Waals surface area contributed by atoms with E-state index in [2.05, 4.69) is 6.92 Å². The molecule has 0 saturated heterocycles. The molecule has 0 heterocycles. The van der Waals surface area contributed by atoms with Gasteiger partial charge in [-0.15, -0.1) is 0 Å². The van der Waals surface area contributed by atoms with Gasteiger partial charge < -0.3 is 14.9 Å². The molecule has 10 heavy (non-hydrogen) atoms. The molecule has 0 unspecified atom stereocenters. The second-order valence-corrected chi connectivity index (χ2v) is 4.25. The monoisotopic (exact) mass is 162 g/mol. The zero-order valence-electron chi connectivity index (χ0n) is 6.89. The molecular weight excluding hydrogens is 146 g/mol. The van der Waals surface area contributed by atoms with Gasteiger partial charge in [-0.05, 0) is 6.04 Å². The standard InChI is InChI=1S/C6H16NO2Si/c1-4-5-10(7)6(8-2)9-3/h6H,4-5,7H2,1-3H3. The minimum atomic E-state index is -0.925. The molecule has 0 fully saturated rings. The van der Waals surface area contributed by atoms with Crippen molar-refractivity contribution in [2.24, 2.45) is 5.40 Å². The van der Waals surface area contributed by atoms with Crippen molar-refractivity contribution in [2.45, 2.75) is 25.3 Å². The summed E-state index contributed by atoms with van der Waals surface area (Å²) in [4.78, 5) is 0. The summed E-state index contributed by atoms with van der Waals surface area (Å²) >= 11 is 0. The average Bonchev–Trinajstić information content (AvgIpc) is 1.91. The minimum absolute atomic E-state index is 0.148. The maximum absolute atomic E-state index is 5.80. The third-order valence-corrected chi connectivity index (χ3v) is 3.42. The Hall–Kier alpha value is 0.0969. The first-order valence-corrected chi connectivity index (χ1v) is 5.29. The largest absolute Gasteiger partial charge is 0.358 e. The van der Waals surface area contributed by atoms with Gasteiger partial charge in [0.2, 0.25) is 8.96 Å². The maximum atomic E-state index is 5.80. The molecule has 0 rings (SSSR count). The summed E-state index contributed by atoms with van der Waals surface area (Å²) < 4.78 is 10.0. The second kappa shape index (κ2) is 5.85. The number of methoxy groups -OCH3 is 2. The molecule has 3 nitrogen and oxygen atoms in total. The molecule has 61 valence electrons. The average molecular weight is 162 g/mol. The number of rotatable bonds is 5. The Labute approximate surface area is 64.2 Å². The van der Waals surface area contributed by atoms with Gasteiger partial charge >= 0.3 is 0 Å². The van der Waals surface area contributed by atoms with Gasteiger partial charge in [-0.3, -0.25) is 0 Å². The van der Waals surface area contributed by atoms with Crippen LogP contribution in [0.25, 0.3) is 0 Å². The van der Waals surface area contributed by atoms with Crippen molar-refractivity contribution in [3.63, 3.8) is 0 Å². The topological polar surface area (TPSA) is 44.5 Å². The summed E-state index contributed by atoms with van der Waals surface area (Å²) in [5.41, 5.74) is 0. The molecule has 2 N–H and O–H groups in total. The quantitative estimate of drug-likeness (QED) is 0.473. The summed E-state index contributed by atoms with van der Waals surface area (Å²) in [6, 6.07) is 1.04. The maximum Gasteiger partial charge on any atom is 0.200 e. The van der Waals surface area contributed by atoms with Crippen LogP contribution in [-0.4, -0.2) is 29.1 Å². The highest BCUT2D eigenvalue weighted by atomic mass is 28.3. The lowest BCUT2D eigenvalue weighted by Crippen LogP contribution is -2.42.